The molecule has 1 atom stereocenters. The molecule has 0 aliphatic heterocycles. The van der Waals surface area contributed by atoms with Crippen LogP contribution in [0.1, 0.15) is 25.8 Å². The summed E-state index contributed by atoms with van der Waals surface area (Å²) in [7, 11) is 0. The second kappa shape index (κ2) is 4.46. The molecular formula is C11H11Br2N. The lowest BCUT2D eigenvalue weighted by atomic mass is 9.82. The summed E-state index contributed by atoms with van der Waals surface area (Å²) in [6.07, 6.45) is 0.812. The van der Waals surface area contributed by atoms with Crippen molar-refractivity contribution in [1.82, 2.24) is 0 Å². The molecule has 1 aromatic rings. The molecular weight excluding hydrogens is 306 g/mol. The molecule has 0 amide bonds. The van der Waals surface area contributed by atoms with Gasteiger partial charge in [0.25, 0.3) is 0 Å². The van der Waals surface area contributed by atoms with Gasteiger partial charge in [0.1, 0.15) is 0 Å². The molecule has 0 saturated carbocycles. The fraction of sp³-hybridized carbons (Fsp3) is 0.364. The average Bonchev–Trinajstić information content (AvgIpc) is 2.15. The van der Waals surface area contributed by atoms with E-state index in [1.807, 2.05) is 32.0 Å². The van der Waals surface area contributed by atoms with Gasteiger partial charge in [-0.25, -0.2) is 0 Å². The van der Waals surface area contributed by atoms with Gasteiger partial charge < -0.3 is 0 Å². The van der Waals surface area contributed by atoms with Crippen molar-refractivity contribution in [3.63, 3.8) is 0 Å². The maximum Gasteiger partial charge on any atom is 0.0792 e. The highest BCUT2D eigenvalue weighted by Gasteiger charge is 2.24. The molecule has 1 rings (SSSR count). The Kier molecular flexibility index (Phi) is 3.74. The summed E-state index contributed by atoms with van der Waals surface area (Å²) in [5.74, 6) is 0. The Labute approximate surface area is 101 Å². The van der Waals surface area contributed by atoms with Crippen LogP contribution in [0.2, 0.25) is 0 Å². The van der Waals surface area contributed by atoms with Crippen LogP contribution in [0, 0.1) is 11.3 Å². The van der Waals surface area contributed by atoms with E-state index >= 15 is 0 Å². The minimum atomic E-state index is -0.397. The Morgan fingerprint density at radius 1 is 1.29 bits per heavy atom. The molecule has 0 aliphatic carbocycles. The first-order chi connectivity index (χ1) is 6.51. The molecule has 3 heteroatoms. The predicted octanol–water partition coefficient (Wildman–Crippen LogP) is 4.40. The lowest BCUT2D eigenvalue weighted by Gasteiger charge is -2.20. The SMILES string of the molecule is CCC(C)(C#N)c1cc(Br)cc(Br)c1. The first-order valence-corrected chi connectivity index (χ1v) is 5.98. The second-order valence-corrected chi connectivity index (χ2v) is 5.29. The van der Waals surface area contributed by atoms with E-state index in [0.29, 0.717) is 0 Å². The molecule has 1 nitrogen and oxygen atoms in total. The van der Waals surface area contributed by atoms with Gasteiger partial charge >= 0.3 is 0 Å². The van der Waals surface area contributed by atoms with Crippen molar-refractivity contribution in [2.45, 2.75) is 25.7 Å². The van der Waals surface area contributed by atoms with E-state index in [0.717, 1.165) is 20.9 Å². The van der Waals surface area contributed by atoms with Crippen molar-refractivity contribution in [3.8, 4) is 6.07 Å². The molecule has 1 aromatic carbocycles. The zero-order valence-corrected chi connectivity index (χ0v) is 11.3. The summed E-state index contributed by atoms with van der Waals surface area (Å²) < 4.78 is 1.99. The molecule has 0 saturated heterocycles. The fourth-order valence-corrected chi connectivity index (χ4v) is 2.51. The van der Waals surface area contributed by atoms with Gasteiger partial charge in [0.05, 0.1) is 11.5 Å². The van der Waals surface area contributed by atoms with Crippen LogP contribution in [0.3, 0.4) is 0 Å². The predicted molar refractivity (Wildman–Crippen MR) is 65.1 cm³/mol. The van der Waals surface area contributed by atoms with Crippen LogP contribution in [0.4, 0.5) is 0 Å². The van der Waals surface area contributed by atoms with Gasteiger partial charge in [0.15, 0.2) is 0 Å². The number of benzene rings is 1. The molecule has 14 heavy (non-hydrogen) atoms. The van der Waals surface area contributed by atoms with Gasteiger partial charge in [-0.05, 0) is 37.1 Å². The molecule has 0 spiro atoms. The molecule has 0 bridgehead atoms. The van der Waals surface area contributed by atoms with Crippen molar-refractivity contribution >= 4 is 31.9 Å². The third kappa shape index (κ3) is 2.37. The van der Waals surface area contributed by atoms with Crippen LogP contribution < -0.4 is 0 Å². The van der Waals surface area contributed by atoms with Crippen molar-refractivity contribution in [2.75, 3.05) is 0 Å². The van der Waals surface area contributed by atoms with Gasteiger partial charge in [-0.1, -0.05) is 38.8 Å². The van der Waals surface area contributed by atoms with Crippen LogP contribution in [-0.2, 0) is 5.41 Å². The Morgan fingerprint density at radius 2 is 1.79 bits per heavy atom. The third-order valence-corrected chi connectivity index (χ3v) is 3.37. The quantitative estimate of drug-likeness (QED) is 0.793. The van der Waals surface area contributed by atoms with Gasteiger partial charge in [-0.15, -0.1) is 0 Å². The number of halogens is 2. The van der Waals surface area contributed by atoms with E-state index in [-0.39, 0.29) is 0 Å². The number of rotatable bonds is 2. The van der Waals surface area contributed by atoms with Gasteiger partial charge in [-0.3, -0.25) is 0 Å². The monoisotopic (exact) mass is 315 g/mol. The molecule has 1 unspecified atom stereocenters. The van der Waals surface area contributed by atoms with Crippen molar-refractivity contribution < 1.29 is 0 Å². The molecule has 0 N–H and O–H groups in total. The Morgan fingerprint density at radius 3 is 2.14 bits per heavy atom. The standard InChI is InChI=1S/C11H11Br2N/c1-3-11(2,7-14)8-4-9(12)6-10(13)5-8/h4-6H,3H2,1-2H3. The van der Waals surface area contributed by atoms with Gasteiger partial charge in [0.2, 0.25) is 0 Å². The van der Waals surface area contributed by atoms with Crippen molar-refractivity contribution in [3.05, 3.63) is 32.7 Å². The maximum absolute atomic E-state index is 9.14. The van der Waals surface area contributed by atoms with E-state index in [1.54, 1.807) is 0 Å². The highest BCUT2D eigenvalue weighted by Crippen LogP contribution is 2.31. The van der Waals surface area contributed by atoms with Crippen molar-refractivity contribution in [1.29, 1.82) is 5.26 Å². The summed E-state index contributed by atoms with van der Waals surface area (Å²) in [4.78, 5) is 0. The van der Waals surface area contributed by atoms with E-state index in [4.69, 9.17) is 5.26 Å². The topological polar surface area (TPSA) is 23.8 Å². The minimum Gasteiger partial charge on any atom is -0.197 e. The average molecular weight is 317 g/mol. The number of hydrogen-bond acceptors (Lipinski definition) is 1. The lowest BCUT2D eigenvalue weighted by molar-refractivity contribution is 0.586. The smallest absolute Gasteiger partial charge is 0.0792 e. The molecule has 0 aliphatic rings. The Bertz CT molecular complexity index is 361. The first kappa shape index (κ1) is 11.7. The largest absolute Gasteiger partial charge is 0.197 e. The van der Waals surface area contributed by atoms with Crippen molar-refractivity contribution in [2.24, 2.45) is 0 Å². The van der Waals surface area contributed by atoms with Gasteiger partial charge in [0, 0.05) is 8.95 Å². The zero-order valence-electron chi connectivity index (χ0n) is 8.14. The first-order valence-electron chi connectivity index (χ1n) is 4.39. The molecule has 0 heterocycles. The van der Waals surface area contributed by atoms with Crippen LogP contribution >= 0.6 is 31.9 Å². The minimum absolute atomic E-state index is 0.397. The highest BCUT2D eigenvalue weighted by molar-refractivity contribution is 9.11. The van der Waals surface area contributed by atoms with Crippen LogP contribution in [0.15, 0.2) is 27.1 Å². The lowest BCUT2D eigenvalue weighted by Crippen LogP contribution is -2.17. The summed E-state index contributed by atoms with van der Waals surface area (Å²) >= 11 is 6.85. The number of nitrogens with zero attached hydrogens (tertiary/aromatic N) is 1. The van der Waals surface area contributed by atoms with E-state index in [2.05, 4.69) is 37.9 Å². The van der Waals surface area contributed by atoms with Crippen LogP contribution in [-0.4, -0.2) is 0 Å². The third-order valence-electron chi connectivity index (χ3n) is 2.45. The fourth-order valence-electron chi connectivity index (χ4n) is 1.22. The van der Waals surface area contributed by atoms with E-state index < -0.39 is 5.41 Å². The molecule has 74 valence electrons. The maximum atomic E-state index is 9.14. The molecule has 0 fully saturated rings. The van der Waals surface area contributed by atoms with E-state index in [1.165, 1.54) is 0 Å². The Hall–Kier alpha value is -0.330. The van der Waals surface area contributed by atoms with Crippen LogP contribution in [0.5, 0.6) is 0 Å². The molecule has 0 aromatic heterocycles. The zero-order chi connectivity index (χ0) is 10.8. The molecule has 0 radical (unpaired) electrons. The summed E-state index contributed by atoms with van der Waals surface area (Å²) in [5.41, 5.74) is 0.649. The summed E-state index contributed by atoms with van der Waals surface area (Å²) in [6.45, 7) is 3.99. The second-order valence-electron chi connectivity index (χ2n) is 3.46. The number of nitriles is 1. The van der Waals surface area contributed by atoms with Gasteiger partial charge in [-0.2, -0.15) is 5.26 Å². The normalized spacial score (nSPS) is 14.5. The summed E-state index contributed by atoms with van der Waals surface area (Å²) in [5, 5.41) is 9.14. The van der Waals surface area contributed by atoms with E-state index in [9.17, 15) is 0 Å². The number of hydrogen-bond donors (Lipinski definition) is 0. The highest BCUT2D eigenvalue weighted by atomic mass is 79.9. The Balaban J connectivity index is 3.26. The summed E-state index contributed by atoms with van der Waals surface area (Å²) in [6, 6.07) is 8.32. The van der Waals surface area contributed by atoms with Crippen LogP contribution in [0.25, 0.3) is 0 Å².